The minimum Gasteiger partial charge on any atom is -0.389 e. The van der Waals surface area contributed by atoms with Crippen molar-refractivity contribution < 1.29 is 4.74 Å². The molecule has 0 unspecified atom stereocenters. The van der Waals surface area contributed by atoms with Crippen molar-refractivity contribution in [1.82, 2.24) is 4.98 Å². The Balaban J connectivity index is 2.21. The SMILES string of the molecule is CC(C)OCCNc1nc2ccccc2cc1C(N)=S. The van der Waals surface area contributed by atoms with Crippen molar-refractivity contribution in [2.45, 2.75) is 20.0 Å². The Bertz CT molecular complexity index is 613. The number of anilines is 1. The highest BCUT2D eigenvalue weighted by Crippen LogP contribution is 2.20. The van der Waals surface area contributed by atoms with Crippen molar-refractivity contribution in [3.8, 4) is 0 Å². The maximum Gasteiger partial charge on any atom is 0.137 e. The first-order valence-electron chi connectivity index (χ1n) is 6.63. The molecular weight excluding hydrogens is 270 g/mol. The van der Waals surface area contributed by atoms with Crippen molar-refractivity contribution in [2.75, 3.05) is 18.5 Å². The molecule has 0 fully saturated rings. The molecule has 4 nitrogen and oxygen atoms in total. The minimum atomic E-state index is 0.219. The van der Waals surface area contributed by atoms with Crippen LogP contribution in [0.1, 0.15) is 19.4 Å². The number of aromatic nitrogens is 1. The standard InChI is InChI=1S/C15H19N3OS/c1-10(2)19-8-7-17-15-12(14(16)20)9-11-5-3-4-6-13(11)18-15/h3-6,9-10H,7-8H2,1-2H3,(H2,16,20)(H,17,18). The van der Waals surface area contributed by atoms with Crippen LogP contribution in [0, 0.1) is 0 Å². The Morgan fingerprint density at radius 3 is 2.85 bits per heavy atom. The summed E-state index contributed by atoms with van der Waals surface area (Å²) < 4.78 is 5.50. The minimum absolute atomic E-state index is 0.219. The van der Waals surface area contributed by atoms with E-state index in [1.807, 2.05) is 44.2 Å². The molecule has 1 heterocycles. The molecule has 20 heavy (non-hydrogen) atoms. The van der Waals surface area contributed by atoms with E-state index in [1.165, 1.54) is 0 Å². The van der Waals surface area contributed by atoms with Gasteiger partial charge in [0, 0.05) is 11.9 Å². The van der Waals surface area contributed by atoms with E-state index in [2.05, 4.69) is 10.3 Å². The normalized spacial score (nSPS) is 10.9. The lowest BCUT2D eigenvalue weighted by Crippen LogP contribution is -2.18. The average molecular weight is 289 g/mol. The Kier molecular flexibility index (Phi) is 4.87. The molecule has 3 N–H and O–H groups in total. The van der Waals surface area contributed by atoms with Gasteiger partial charge in [0.15, 0.2) is 0 Å². The number of thiocarbonyl (C=S) groups is 1. The number of benzene rings is 1. The van der Waals surface area contributed by atoms with E-state index >= 15 is 0 Å². The molecule has 0 aliphatic carbocycles. The number of nitrogens with one attached hydrogen (secondary N) is 1. The van der Waals surface area contributed by atoms with Crippen molar-refractivity contribution in [3.05, 3.63) is 35.9 Å². The maximum absolute atomic E-state index is 5.78. The van der Waals surface area contributed by atoms with Gasteiger partial charge < -0.3 is 15.8 Å². The molecule has 1 aromatic carbocycles. The molecule has 2 rings (SSSR count). The van der Waals surface area contributed by atoms with Gasteiger partial charge in [-0.1, -0.05) is 30.4 Å². The van der Waals surface area contributed by atoms with Crippen LogP contribution < -0.4 is 11.1 Å². The van der Waals surface area contributed by atoms with Crippen LogP contribution in [0.5, 0.6) is 0 Å². The van der Waals surface area contributed by atoms with Gasteiger partial charge in [0.2, 0.25) is 0 Å². The molecule has 0 aliphatic rings. The van der Waals surface area contributed by atoms with Gasteiger partial charge in [0.05, 0.1) is 23.8 Å². The largest absolute Gasteiger partial charge is 0.389 e. The van der Waals surface area contributed by atoms with E-state index in [0.29, 0.717) is 24.0 Å². The maximum atomic E-state index is 5.78. The first-order chi connectivity index (χ1) is 9.58. The molecule has 0 saturated heterocycles. The Labute approximate surface area is 124 Å². The second-order valence-corrected chi connectivity index (χ2v) is 5.23. The second-order valence-electron chi connectivity index (χ2n) is 4.79. The van der Waals surface area contributed by atoms with Gasteiger partial charge >= 0.3 is 0 Å². The first kappa shape index (κ1) is 14.7. The fourth-order valence-corrected chi connectivity index (χ4v) is 2.06. The summed E-state index contributed by atoms with van der Waals surface area (Å²) in [7, 11) is 0. The van der Waals surface area contributed by atoms with Gasteiger partial charge in [-0.05, 0) is 26.0 Å². The third kappa shape index (κ3) is 3.65. The zero-order valence-electron chi connectivity index (χ0n) is 11.7. The third-order valence-electron chi connectivity index (χ3n) is 2.84. The van der Waals surface area contributed by atoms with Gasteiger partial charge in [0.1, 0.15) is 10.8 Å². The summed E-state index contributed by atoms with van der Waals surface area (Å²) >= 11 is 5.10. The number of para-hydroxylation sites is 1. The summed E-state index contributed by atoms with van der Waals surface area (Å²) in [6.07, 6.45) is 0.219. The predicted octanol–water partition coefficient (Wildman–Crippen LogP) is 2.71. The Hall–Kier alpha value is -1.72. The van der Waals surface area contributed by atoms with Crippen LogP contribution in [-0.4, -0.2) is 29.2 Å². The van der Waals surface area contributed by atoms with Crippen molar-refractivity contribution in [2.24, 2.45) is 5.73 Å². The number of nitrogens with two attached hydrogens (primary N) is 1. The van der Waals surface area contributed by atoms with E-state index in [-0.39, 0.29) is 6.10 Å². The highest BCUT2D eigenvalue weighted by molar-refractivity contribution is 7.80. The highest BCUT2D eigenvalue weighted by Gasteiger charge is 2.08. The van der Waals surface area contributed by atoms with Gasteiger partial charge in [-0.25, -0.2) is 4.98 Å². The first-order valence-corrected chi connectivity index (χ1v) is 7.04. The zero-order valence-corrected chi connectivity index (χ0v) is 12.5. The van der Waals surface area contributed by atoms with Gasteiger partial charge in [-0.3, -0.25) is 0 Å². The van der Waals surface area contributed by atoms with Crippen LogP contribution in [0.25, 0.3) is 10.9 Å². The number of hydrogen-bond donors (Lipinski definition) is 2. The molecule has 2 aromatic rings. The van der Waals surface area contributed by atoms with Gasteiger partial charge in [0.25, 0.3) is 0 Å². The number of rotatable bonds is 6. The fourth-order valence-electron chi connectivity index (χ4n) is 1.90. The lowest BCUT2D eigenvalue weighted by atomic mass is 10.1. The van der Waals surface area contributed by atoms with E-state index in [9.17, 15) is 0 Å². The van der Waals surface area contributed by atoms with Crippen molar-refractivity contribution in [1.29, 1.82) is 0 Å². The Morgan fingerprint density at radius 1 is 1.40 bits per heavy atom. The second kappa shape index (κ2) is 6.63. The number of ether oxygens (including phenoxy) is 1. The van der Waals surface area contributed by atoms with Crippen LogP contribution in [-0.2, 0) is 4.74 Å². The summed E-state index contributed by atoms with van der Waals surface area (Å²) in [6, 6.07) is 9.86. The average Bonchev–Trinajstić information content (AvgIpc) is 2.42. The highest BCUT2D eigenvalue weighted by atomic mass is 32.1. The Morgan fingerprint density at radius 2 is 2.15 bits per heavy atom. The molecule has 0 aliphatic heterocycles. The van der Waals surface area contributed by atoms with Crippen molar-refractivity contribution >= 4 is 33.9 Å². The lowest BCUT2D eigenvalue weighted by molar-refractivity contribution is 0.0870. The molecule has 0 bridgehead atoms. The molecule has 0 radical (unpaired) electrons. The molecule has 0 atom stereocenters. The lowest BCUT2D eigenvalue weighted by Gasteiger charge is -2.13. The molecule has 0 saturated carbocycles. The van der Waals surface area contributed by atoms with Crippen LogP contribution in [0.4, 0.5) is 5.82 Å². The molecule has 0 spiro atoms. The molecule has 1 aromatic heterocycles. The summed E-state index contributed by atoms with van der Waals surface area (Å²) in [6.45, 7) is 5.30. The third-order valence-corrected chi connectivity index (χ3v) is 3.06. The summed E-state index contributed by atoms with van der Waals surface area (Å²) in [5.74, 6) is 0.712. The van der Waals surface area contributed by atoms with E-state index < -0.39 is 0 Å². The molecule has 106 valence electrons. The van der Waals surface area contributed by atoms with E-state index in [0.717, 1.165) is 16.5 Å². The quantitative estimate of drug-likeness (QED) is 0.632. The van der Waals surface area contributed by atoms with Gasteiger partial charge in [-0.2, -0.15) is 0 Å². The molecule has 0 amide bonds. The number of hydrogen-bond acceptors (Lipinski definition) is 4. The fraction of sp³-hybridized carbons (Fsp3) is 0.333. The van der Waals surface area contributed by atoms with E-state index in [1.54, 1.807) is 0 Å². The van der Waals surface area contributed by atoms with Crippen molar-refractivity contribution in [3.63, 3.8) is 0 Å². The number of nitrogens with zero attached hydrogens (tertiary/aromatic N) is 1. The molecular formula is C15H19N3OS. The van der Waals surface area contributed by atoms with Crippen LogP contribution >= 0.6 is 12.2 Å². The summed E-state index contributed by atoms with van der Waals surface area (Å²) in [4.78, 5) is 4.92. The van der Waals surface area contributed by atoms with Gasteiger partial charge in [-0.15, -0.1) is 0 Å². The van der Waals surface area contributed by atoms with Crippen LogP contribution in [0.15, 0.2) is 30.3 Å². The van der Waals surface area contributed by atoms with Crippen LogP contribution in [0.2, 0.25) is 0 Å². The monoisotopic (exact) mass is 289 g/mol. The topological polar surface area (TPSA) is 60.2 Å². The van der Waals surface area contributed by atoms with Crippen LogP contribution in [0.3, 0.4) is 0 Å². The number of fused-ring (bicyclic) bond motifs is 1. The predicted molar refractivity (Wildman–Crippen MR) is 87.2 cm³/mol. The summed E-state index contributed by atoms with van der Waals surface area (Å²) in [5.41, 5.74) is 7.46. The zero-order chi connectivity index (χ0) is 14.5. The number of pyridine rings is 1. The van der Waals surface area contributed by atoms with E-state index in [4.69, 9.17) is 22.7 Å². The molecule has 5 heteroatoms. The summed E-state index contributed by atoms with van der Waals surface area (Å²) in [5, 5.41) is 4.27. The smallest absolute Gasteiger partial charge is 0.137 e.